The first-order valence-corrected chi connectivity index (χ1v) is 8.75. The maximum absolute atomic E-state index is 12.2. The Labute approximate surface area is 131 Å². The Balaban J connectivity index is 2.81. The van der Waals surface area contributed by atoms with Gasteiger partial charge in [0.05, 0.1) is 15.6 Å². The quantitative estimate of drug-likeness (QED) is 0.616. The van der Waals surface area contributed by atoms with Gasteiger partial charge < -0.3 is 0 Å². The minimum Gasteiger partial charge on any atom is -0.281 e. The van der Waals surface area contributed by atoms with Gasteiger partial charge in [0.2, 0.25) is 5.52 Å². The molecule has 0 spiro atoms. The molecule has 5 heteroatoms. The molecular formula is C15H20Cl2O2P. The predicted molar refractivity (Wildman–Crippen MR) is 86.5 cm³/mol. The molecule has 0 saturated carbocycles. The van der Waals surface area contributed by atoms with Crippen LogP contribution in [0.15, 0.2) is 18.2 Å². The zero-order valence-electron chi connectivity index (χ0n) is 12.2. The summed E-state index contributed by atoms with van der Waals surface area (Å²) in [5, 5.41) is 0.517. The van der Waals surface area contributed by atoms with Crippen molar-refractivity contribution in [3.8, 4) is 0 Å². The van der Waals surface area contributed by atoms with E-state index < -0.39 is 13.3 Å². The summed E-state index contributed by atoms with van der Waals surface area (Å²) in [4.78, 5) is 12.2. The third kappa shape index (κ3) is 5.16. The van der Waals surface area contributed by atoms with Gasteiger partial charge in [-0.25, -0.2) is 0 Å². The van der Waals surface area contributed by atoms with Crippen LogP contribution in [0.3, 0.4) is 0 Å². The number of carbonyl (C=O) groups is 1. The van der Waals surface area contributed by atoms with Crippen LogP contribution in [-0.4, -0.2) is 11.7 Å². The maximum Gasteiger partial charge on any atom is 0.244 e. The first-order chi connectivity index (χ1) is 9.11. The highest BCUT2D eigenvalue weighted by Crippen LogP contribution is 2.38. The van der Waals surface area contributed by atoms with Crippen LogP contribution >= 0.6 is 31.0 Å². The maximum atomic E-state index is 12.2. The molecule has 0 aliphatic rings. The summed E-state index contributed by atoms with van der Waals surface area (Å²) < 4.78 is 12.2. The lowest BCUT2D eigenvalue weighted by Crippen LogP contribution is -2.13. The van der Waals surface area contributed by atoms with Crippen molar-refractivity contribution in [2.75, 3.05) is 6.16 Å². The fourth-order valence-corrected chi connectivity index (χ4v) is 4.35. The van der Waals surface area contributed by atoms with Crippen LogP contribution < -0.4 is 0 Å². The number of hydrogen-bond donors (Lipinski definition) is 0. The van der Waals surface area contributed by atoms with Gasteiger partial charge in [0.25, 0.3) is 0 Å². The minimum absolute atomic E-state index is 0.153. The van der Waals surface area contributed by atoms with Crippen molar-refractivity contribution in [2.45, 2.75) is 34.1 Å². The third-order valence-electron chi connectivity index (χ3n) is 2.84. The van der Waals surface area contributed by atoms with Gasteiger partial charge in [0.1, 0.15) is 7.80 Å². The molecule has 0 aromatic heterocycles. The van der Waals surface area contributed by atoms with E-state index in [2.05, 4.69) is 20.8 Å². The number of rotatable bonds is 5. The molecule has 0 saturated heterocycles. The molecule has 0 aliphatic heterocycles. The monoisotopic (exact) mass is 333 g/mol. The molecule has 0 bridgehead atoms. The highest BCUT2D eigenvalue weighted by molar-refractivity contribution is 7.64. The SMILES string of the molecule is CC(C[P](=O)C(=O)c1c(Cl)cccc1Cl)CC(C)(C)C. The predicted octanol–water partition coefficient (Wildman–Crippen LogP) is 6.03. The number of hydrogen-bond acceptors (Lipinski definition) is 2. The van der Waals surface area contributed by atoms with Crippen molar-refractivity contribution in [1.29, 1.82) is 0 Å². The Bertz CT molecular complexity index is 501. The third-order valence-corrected chi connectivity index (χ3v) is 5.10. The molecule has 0 aliphatic carbocycles. The van der Waals surface area contributed by atoms with Gasteiger partial charge in [0.15, 0.2) is 0 Å². The highest BCUT2D eigenvalue weighted by atomic mass is 35.5. The second-order valence-corrected chi connectivity index (χ2v) is 8.68. The summed E-state index contributed by atoms with van der Waals surface area (Å²) in [5.74, 6) is 0.212. The lowest BCUT2D eigenvalue weighted by atomic mass is 9.86. The van der Waals surface area contributed by atoms with Crippen molar-refractivity contribution in [2.24, 2.45) is 11.3 Å². The zero-order chi connectivity index (χ0) is 15.5. The van der Waals surface area contributed by atoms with Crippen molar-refractivity contribution in [3.05, 3.63) is 33.8 Å². The van der Waals surface area contributed by atoms with Crippen LogP contribution in [0, 0.1) is 11.3 Å². The second-order valence-electron chi connectivity index (χ2n) is 6.33. The van der Waals surface area contributed by atoms with Gasteiger partial charge in [-0.15, -0.1) is 0 Å². The lowest BCUT2D eigenvalue weighted by molar-refractivity contribution is 0.107. The lowest BCUT2D eigenvalue weighted by Gasteiger charge is -2.22. The normalized spacial score (nSPS) is 14.0. The van der Waals surface area contributed by atoms with E-state index in [0.29, 0.717) is 6.16 Å². The Kier molecular flexibility index (Phi) is 6.19. The molecule has 111 valence electrons. The van der Waals surface area contributed by atoms with Gasteiger partial charge in [-0.3, -0.25) is 9.36 Å². The van der Waals surface area contributed by atoms with Crippen molar-refractivity contribution in [1.82, 2.24) is 0 Å². The van der Waals surface area contributed by atoms with E-state index in [0.717, 1.165) is 6.42 Å². The molecule has 1 rings (SSSR count). The fourth-order valence-electron chi connectivity index (χ4n) is 2.30. The standard InChI is InChI=1S/C15H20Cl2O2P/c1-10(8-15(2,3)4)9-20(19)14(18)13-11(16)6-5-7-12(13)17/h5-7,10H,8-9H2,1-4H3. The van der Waals surface area contributed by atoms with E-state index in [-0.39, 0.29) is 26.9 Å². The number of benzene rings is 1. The van der Waals surface area contributed by atoms with E-state index in [9.17, 15) is 9.36 Å². The van der Waals surface area contributed by atoms with E-state index >= 15 is 0 Å². The topological polar surface area (TPSA) is 34.1 Å². The second kappa shape index (κ2) is 7.02. The molecule has 2 nitrogen and oxygen atoms in total. The van der Waals surface area contributed by atoms with E-state index in [1.54, 1.807) is 18.2 Å². The first-order valence-electron chi connectivity index (χ1n) is 6.55. The molecule has 2 unspecified atom stereocenters. The van der Waals surface area contributed by atoms with Crippen LogP contribution in [-0.2, 0) is 4.57 Å². The van der Waals surface area contributed by atoms with Crippen LogP contribution in [0.1, 0.15) is 44.5 Å². The van der Waals surface area contributed by atoms with Gasteiger partial charge in [0, 0.05) is 6.16 Å². The van der Waals surface area contributed by atoms with Gasteiger partial charge >= 0.3 is 0 Å². The van der Waals surface area contributed by atoms with Crippen LogP contribution in [0.4, 0.5) is 0 Å². The average Bonchev–Trinajstić information content (AvgIpc) is 2.25. The smallest absolute Gasteiger partial charge is 0.244 e. The summed E-state index contributed by atoms with van der Waals surface area (Å²) in [6.07, 6.45) is 1.28. The molecule has 0 fully saturated rings. The molecule has 0 amide bonds. The van der Waals surface area contributed by atoms with Crippen molar-refractivity contribution < 1.29 is 9.36 Å². The van der Waals surface area contributed by atoms with Crippen molar-refractivity contribution in [3.63, 3.8) is 0 Å². The molecule has 1 radical (unpaired) electrons. The molecule has 20 heavy (non-hydrogen) atoms. The minimum atomic E-state index is -2.00. The summed E-state index contributed by atoms with van der Waals surface area (Å²) in [7, 11) is -2.00. The zero-order valence-corrected chi connectivity index (χ0v) is 14.6. The summed E-state index contributed by atoms with van der Waals surface area (Å²) in [6.45, 7) is 8.40. The van der Waals surface area contributed by atoms with Gasteiger partial charge in [-0.05, 0) is 29.9 Å². The van der Waals surface area contributed by atoms with Crippen LogP contribution in [0.5, 0.6) is 0 Å². The number of carbonyl (C=O) groups excluding carboxylic acids is 1. The van der Waals surface area contributed by atoms with Crippen LogP contribution in [0.25, 0.3) is 0 Å². The highest BCUT2D eigenvalue weighted by Gasteiger charge is 2.24. The molecule has 2 atom stereocenters. The molecule has 0 heterocycles. The van der Waals surface area contributed by atoms with Gasteiger partial charge in [-0.2, -0.15) is 0 Å². The Hall–Kier alpha value is -0.430. The van der Waals surface area contributed by atoms with E-state index in [4.69, 9.17) is 23.2 Å². The number of halogens is 2. The fraction of sp³-hybridized carbons (Fsp3) is 0.533. The summed E-state index contributed by atoms with van der Waals surface area (Å²) in [5.41, 5.74) is -0.114. The van der Waals surface area contributed by atoms with E-state index in [1.807, 2.05) is 6.92 Å². The molecule has 1 aromatic rings. The molecule has 1 aromatic carbocycles. The Morgan fingerprint density at radius 3 is 2.20 bits per heavy atom. The van der Waals surface area contributed by atoms with Crippen molar-refractivity contribution >= 4 is 36.5 Å². The molecular weight excluding hydrogens is 314 g/mol. The van der Waals surface area contributed by atoms with Crippen LogP contribution in [0.2, 0.25) is 10.0 Å². The first kappa shape index (κ1) is 17.6. The summed E-state index contributed by atoms with van der Waals surface area (Å²) >= 11 is 12.0. The molecule has 0 N–H and O–H groups in total. The van der Waals surface area contributed by atoms with E-state index in [1.165, 1.54) is 0 Å². The largest absolute Gasteiger partial charge is 0.281 e. The Morgan fingerprint density at radius 2 is 1.75 bits per heavy atom. The van der Waals surface area contributed by atoms with Gasteiger partial charge in [-0.1, -0.05) is 57.0 Å². The Morgan fingerprint density at radius 1 is 1.25 bits per heavy atom. The average molecular weight is 334 g/mol. The summed E-state index contributed by atoms with van der Waals surface area (Å²) in [6, 6.07) is 4.83.